The van der Waals surface area contributed by atoms with Gasteiger partial charge in [-0.2, -0.15) is 0 Å². The highest BCUT2D eigenvalue weighted by atomic mass is 19.2. The molecule has 0 saturated heterocycles. The van der Waals surface area contributed by atoms with E-state index >= 15 is 0 Å². The van der Waals surface area contributed by atoms with Gasteiger partial charge in [-0.1, -0.05) is 30.3 Å². The summed E-state index contributed by atoms with van der Waals surface area (Å²) in [5.74, 6) is -3.69. The van der Waals surface area contributed by atoms with Gasteiger partial charge < -0.3 is 0 Å². The van der Waals surface area contributed by atoms with Gasteiger partial charge in [0, 0.05) is 5.56 Å². The van der Waals surface area contributed by atoms with Crippen molar-refractivity contribution < 1.29 is 13.2 Å². The Morgan fingerprint density at radius 2 is 1.60 bits per heavy atom. The number of aromatic nitrogens is 3. The van der Waals surface area contributed by atoms with Gasteiger partial charge in [-0.15, -0.1) is 10.2 Å². The van der Waals surface area contributed by atoms with Crippen LogP contribution in [0.4, 0.5) is 13.2 Å². The maximum absolute atomic E-state index is 13.8. The number of nitrogens with zero attached hydrogens (tertiary/aromatic N) is 3. The summed E-state index contributed by atoms with van der Waals surface area (Å²) in [6.45, 7) is 0. The molecule has 0 atom stereocenters. The molecular formula is C14H8F3N3. The van der Waals surface area contributed by atoms with E-state index in [4.69, 9.17) is 0 Å². The number of rotatable bonds is 2. The lowest BCUT2D eigenvalue weighted by molar-refractivity contribution is 0.445. The van der Waals surface area contributed by atoms with Gasteiger partial charge in [0.1, 0.15) is 6.33 Å². The van der Waals surface area contributed by atoms with Crippen molar-refractivity contribution in [3.63, 3.8) is 0 Å². The van der Waals surface area contributed by atoms with Crippen LogP contribution in [0.15, 0.2) is 48.8 Å². The van der Waals surface area contributed by atoms with Crippen LogP contribution >= 0.6 is 0 Å². The van der Waals surface area contributed by atoms with Gasteiger partial charge >= 0.3 is 0 Å². The van der Waals surface area contributed by atoms with Crippen LogP contribution in [0, 0.1) is 17.5 Å². The molecule has 20 heavy (non-hydrogen) atoms. The average molecular weight is 275 g/mol. The van der Waals surface area contributed by atoms with Crippen LogP contribution in [-0.2, 0) is 0 Å². The summed E-state index contributed by atoms with van der Waals surface area (Å²) in [4.78, 5) is 0. The maximum atomic E-state index is 13.8. The second-order valence-corrected chi connectivity index (χ2v) is 4.09. The van der Waals surface area contributed by atoms with Crippen molar-refractivity contribution >= 4 is 0 Å². The number of halogens is 3. The molecule has 3 aromatic rings. The number of benzene rings is 2. The molecule has 0 fully saturated rings. The predicted molar refractivity (Wildman–Crippen MR) is 66.7 cm³/mol. The zero-order valence-electron chi connectivity index (χ0n) is 10.1. The summed E-state index contributed by atoms with van der Waals surface area (Å²) < 4.78 is 41.4. The minimum atomic E-state index is -1.52. The standard InChI is InChI=1S/C14H8F3N3/c15-10-6-7-11(13(17)12(10)16)20-8-18-19-14(20)9-4-2-1-3-5-9/h1-8H. The number of hydrogen-bond donors (Lipinski definition) is 0. The zero-order valence-corrected chi connectivity index (χ0v) is 10.1. The molecule has 1 heterocycles. The summed E-state index contributed by atoms with van der Waals surface area (Å²) in [7, 11) is 0. The van der Waals surface area contributed by atoms with Gasteiger partial charge in [0.25, 0.3) is 0 Å². The van der Waals surface area contributed by atoms with Crippen molar-refractivity contribution in [2.75, 3.05) is 0 Å². The van der Waals surface area contributed by atoms with E-state index in [2.05, 4.69) is 10.2 Å². The molecule has 0 bridgehead atoms. The Hall–Kier alpha value is -2.63. The fourth-order valence-corrected chi connectivity index (χ4v) is 1.90. The molecule has 1 aromatic heterocycles. The Morgan fingerprint density at radius 1 is 0.850 bits per heavy atom. The lowest BCUT2D eigenvalue weighted by Crippen LogP contribution is -2.03. The second-order valence-electron chi connectivity index (χ2n) is 4.09. The van der Waals surface area contributed by atoms with Gasteiger partial charge in [-0.3, -0.25) is 4.57 Å². The van der Waals surface area contributed by atoms with E-state index in [-0.39, 0.29) is 5.69 Å². The highest BCUT2D eigenvalue weighted by Crippen LogP contribution is 2.24. The quantitative estimate of drug-likeness (QED) is 0.671. The molecule has 0 aliphatic carbocycles. The molecule has 0 radical (unpaired) electrons. The highest BCUT2D eigenvalue weighted by molar-refractivity contribution is 5.57. The van der Waals surface area contributed by atoms with E-state index in [9.17, 15) is 13.2 Å². The number of hydrogen-bond acceptors (Lipinski definition) is 2. The third-order valence-electron chi connectivity index (χ3n) is 2.85. The van der Waals surface area contributed by atoms with Gasteiger partial charge in [0.05, 0.1) is 5.69 Å². The molecule has 0 saturated carbocycles. The fraction of sp³-hybridized carbons (Fsp3) is 0. The zero-order chi connectivity index (χ0) is 14.1. The molecule has 3 nitrogen and oxygen atoms in total. The maximum Gasteiger partial charge on any atom is 0.196 e. The fourth-order valence-electron chi connectivity index (χ4n) is 1.90. The Bertz CT molecular complexity index is 754. The van der Waals surface area contributed by atoms with Crippen molar-refractivity contribution in [3.05, 3.63) is 66.2 Å². The van der Waals surface area contributed by atoms with Crippen molar-refractivity contribution in [3.8, 4) is 17.1 Å². The first-order valence-electron chi connectivity index (χ1n) is 5.78. The second kappa shape index (κ2) is 4.80. The van der Waals surface area contributed by atoms with E-state index in [0.29, 0.717) is 11.4 Å². The molecule has 0 amide bonds. The first-order valence-corrected chi connectivity index (χ1v) is 5.78. The average Bonchev–Trinajstić information content (AvgIpc) is 2.95. The van der Waals surface area contributed by atoms with Crippen LogP contribution in [0.25, 0.3) is 17.1 Å². The van der Waals surface area contributed by atoms with Gasteiger partial charge in [-0.05, 0) is 12.1 Å². The van der Waals surface area contributed by atoms with Crippen LogP contribution in [0.5, 0.6) is 0 Å². The monoisotopic (exact) mass is 275 g/mol. The molecule has 100 valence electrons. The van der Waals surface area contributed by atoms with Gasteiger partial charge in [0.2, 0.25) is 0 Å². The van der Waals surface area contributed by atoms with Crippen molar-refractivity contribution in [2.45, 2.75) is 0 Å². The van der Waals surface area contributed by atoms with E-state index in [1.807, 2.05) is 6.07 Å². The molecule has 0 N–H and O–H groups in total. The molecule has 0 spiro atoms. The Balaban J connectivity index is 2.18. The molecule has 2 aromatic carbocycles. The molecule has 3 rings (SSSR count). The lowest BCUT2D eigenvalue weighted by atomic mass is 10.2. The molecular weight excluding hydrogens is 267 g/mol. The minimum Gasteiger partial charge on any atom is -0.279 e. The van der Waals surface area contributed by atoms with Crippen molar-refractivity contribution in [1.29, 1.82) is 0 Å². The molecule has 6 heteroatoms. The summed E-state index contributed by atoms with van der Waals surface area (Å²) in [5.41, 5.74) is 0.543. The minimum absolute atomic E-state index is 0.146. The lowest BCUT2D eigenvalue weighted by Gasteiger charge is -2.08. The van der Waals surface area contributed by atoms with E-state index in [1.54, 1.807) is 24.3 Å². The normalized spacial score (nSPS) is 10.8. The molecule has 0 aliphatic heterocycles. The van der Waals surface area contributed by atoms with Crippen LogP contribution in [0.1, 0.15) is 0 Å². The Labute approximate surface area is 112 Å². The van der Waals surface area contributed by atoms with Crippen LogP contribution in [-0.4, -0.2) is 14.8 Å². The first kappa shape index (κ1) is 12.4. The predicted octanol–water partition coefficient (Wildman–Crippen LogP) is 3.35. The smallest absolute Gasteiger partial charge is 0.196 e. The largest absolute Gasteiger partial charge is 0.279 e. The molecule has 0 aliphatic rings. The third-order valence-corrected chi connectivity index (χ3v) is 2.85. The Kier molecular flexibility index (Phi) is 2.98. The van der Waals surface area contributed by atoms with Crippen molar-refractivity contribution in [1.82, 2.24) is 14.8 Å². The summed E-state index contributed by atoms with van der Waals surface area (Å²) in [6, 6.07) is 10.9. The van der Waals surface area contributed by atoms with Crippen LogP contribution in [0.3, 0.4) is 0 Å². The van der Waals surface area contributed by atoms with E-state index in [0.717, 1.165) is 12.1 Å². The van der Waals surface area contributed by atoms with E-state index < -0.39 is 17.5 Å². The highest BCUT2D eigenvalue weighted by Gasteiger charge is 2.17. The topological polar surface area (TPSA) is 30.7 Å². The Morgan fingerprint density at radius 3 is 2.35 bits per heavy atom. The third kappa shape index (κ3) is 1.95. The first-order chi connectivity index (χ1) is 9.68. The van der Waals surface area contributed by atoms with Gasteiger partial charge in [0.15, 0.2) is 23.3 Å². The van der Waals surface area contributed by atoms with Crippen LogP contribution < -0.4 is 0 Å². The summed E-state index contributed by atoms with van der Waals surface area (Å²) in [6.07, 6.45) is 1.25. The molecule has 0 unspecified atom stereocenters. The van der Waals surface area contributed by atoms with Crippen LogP contribution in [0.2, 0.25) is 0 Å². The summed E-state index contributed by atoms with van der Waals surface area (Å²) >= 11 is 0. The van der Waals surface area contributed by atoms with Crippen molar-refractivity contribution in [2.24, 2.45) is 0 Å². The van der Waals surface area contributed by atoms with Gasteiger partial charge in [-0.25, -0.2) is 13.2 Å². The van der Waals surface area contributed by atoms with E-state index in [1.165, 1.54) is 10.9 Å². The SMILES string of the molecule is Fc1ccc(-n2cnnc2-c2ccccc2)c(F)c1F. The summed E-state index contributed by atoms with van der Waals surface area (Å²) in [5, 5.41) is 7.58.